The first-order valence-corrected chi connectivity index (χ1v) is 9.77. The summed E-state index contributed by atoms with van der Waals surface area (Å²) in [6.07, 6.45) is 2.89. The summed E-state index contributed by atoms with van der Waals surface area (Å²) >= 11 is 0. The number of rotatable bonds is 12. The maximum atomic E-state index is 12.3. The van der Waals surface area contributed by atoms with Gasteiger partial charge in [-0.05, 0) is 18.3 Å². The van der Waals surface area contributed by atoms with Crippen molar-refractivity contribution in [2.45, 2.75) is 53.6 Å². The Balaban J connectivity index is 1.66. The van der Waals surface area contributed by atoms with Crippen LogP contribution in [0.4, 0.5) is 0 Å². The topological polar surface area (TPSA) is 86.5 Å². The third kappa shape index (κ3) is 6.70. The maximum absolute atomic E-state index is 12.3. The second-order valence-corrected chi connectivity index (χ2v) is 7.78. The molecule has 152 valence electrons. The molecule has 2 heterocycles. The second-order valence-electron chi connectivity index (χ2n) is 7.78. The van der Waals surface area contributed by atoms with Gasteiger partial charge in [-0.2, -0.15) is 0 Å². The normalized spacial score (nSPS) is 17.7. The van der Waals surface area contributed by atoms with E-state index in [2.05, 4.69) is 24.2 Å². The summed E-state index contributed by atoms with van der Waals surface area (Å²) in [5.41, 5.74) is 0.629. The smallest absolute Gasteiger partial charge is 0.233 e. The maximum Gasteiger partial charge on any atom is 0.233 e. The lowest BCUT2D eigenvalue weighted by molar-refractivity contribution is -0.140. The molecule has 1 unspecified atom stereocenters. The Labute approximate surface area is 161 Å². The Bertz CT molecular complexity index is 615. The summed E-state index contributed by atoms with van der Waals surface area (Å²) < 4.78 is 12.7. The van der Waals surface area contributed by atoms with Crippen molar-refractivity contribution in [3.63, 3.8) is 0 Å². The number of aromatic nitrogens is 3. The molecule has 1 aromatic rings. The van der Waals surface area contributed by atoms with Gasteiger partial charge in [-0.25, -0.2) is 0 Å². The summed E-state index contributed by atoms with van der Waals surface area (Å²) in [5, 5.41) is 8.15. The zero-order valence-electron chi connectivity index (χ0n) is 16.9. The Hall–Kier alpha value is -1.80. The van der Waals surface area contributed by atoms with E-state index in [1.165, 1.54) is 4.90 Å². The largest absolute Gasteiger partial charge is 0.379 e. The Morgan fingerprint density at radius 2 is 1.89 bits per heavy atom. The summed E-state index contributed by atoms with van der Waals surface area (Å²) in [6.45, 7) is 11.6. The zero-order valence-corrected chi connectivity index (χ0v) is 16.9. The summed E-state index contributed by atoms with van der Waals surface area (Å²) in [4.78, 5) is 25.7. The van der Waals surface area contributed by atoms with E-state index in [1.54, 1.807) is 10.9 Å². The van der Waals surface area contributed by atoms with E-state index in [1.807, 2.05) is 13.8 Å². The molecule has 1 aromatic heterocycles. The van der Waals surface area contributed by atoms with Crippen LogP contribution in [0.15, 0.2) is 6.20 Å². The molecule has 2 rings (SSSR count). The summed E-state index contributed by atoms with van der Waals surface area (Å²) in [5.74, 6) is 0.264. The van der Waals surface area contributed by atoms with Crippen LogP contribution in [-0.2, 0) is 32.2 Å². The van der Waals surface area contributed by atoms with Gasteiger partial charge in [0.05, 0.1) is 26.0 Å². The predicted octanol–water partition coefficient (Wildman–Crippen LogP) is 1.89. The van der Waals surface area contributed by atoms with Gasteiger partial charge in [0.2, 0.25) is 11.8 Å². The van der Waals surface area contributed by atoms with Crippen LogP contribution in [0.1, 0.15) is 46.2 Å². The molecule has 0 saturated carbocycles. The molecule has 0 radical (unpaired) electrons. The van der Waals surface area contributed by atoms with E-state index >= 15 is 0 Å². The molecule has 0 aliphatic carbocycles. The van der Waals surface area contributed by atoms with Gasteiger partial charge in [-0.1, -0.05) is 32.9 Å². The molecule has 8 nitrogen and oxygen atoms in total. The number of ether oxygens (including phenoxy) is 2. The van der Waals surface area contributed by atoms with Gasteiger partial charge < -0.3 is 9.47 Å². The minimum atomic E-state index is -0.214. The minimum Gasteiger partial charge on any atom is -0.379 e. The zero-order chi connectivity index (χ0) is 19.8. The molecule has 1 aliphatic heterocycles. The number of likely N-dealkylation sites (tertiary alicyclic amines) is 1. The Kier molecular flexibility index (Phi) is 8.37. The average Bonchev–Trinajstić information content (AvgIpc) is 3.16. The van der Waals surface area contributed by atoms with Crippen LogP contribution in [0.3, 0.4) is 0 Å². The Morgan fingerprint density at radius 3 is 2.56 bits per heavy atom. The SMILES string of the molecule is CC(C)COCCOCCCn1cc(CN2C(=O)CC(C(C)C)C2=O)nn1. The van der Waals surface area contributed by atoms with Crippen LogP contribution < -0.4 is 0 Å². The molecular formula is C19H32N4O4. The van der Waals surface area contributed by atoms with Gasteiger partial charge in [-0.3, -0.25) is 19.2 Å². The van der Waals surface area contributed by atoms with Crippen LogP contribution in [0.25, 0.3) is 0 Å². The van der Waals surface area contributed by atoms with Crippen LogP contribution in [0.2, 0.25) is 0 Å². The molecule has 0 aromatic carbocycles. The molecule has 27 heavy (non-hydrogen) atoms. The molecule has 1 saturated heterocycles. The van der Waals surface area contributed by atoms with E-state index in [4.69, 9.17) is 9.47 Å². The van der Waals surface area contributed by atoms with Crippen molar-refractivity contribution >= 4 is 11.8 Å². The lowest BCUT2D eigenvalue weighted by Crippen LogP contribution is -2.31. The van der Waals surface area contributed by atoms with Gasteiger partial charge in [0, 0.05) is 32.1 Å². The van der Waals surface area contributed by atoms with E-state index in [-0.39, 0.29) is 30.2 Å². The van der Waals surface area contributed by atoms with Crippen molar-refractivity contribution in [1.29, 1.82) is 0 Å². The van der Waals surface area contributed by atoms with Gasteiger partial charge >= 0.3 is 0 Å². The number of hydrogen-bond donors (Lipinski definition) is 0. The lowest BCUT2D eigenvalue weighted by atomic mass is 9.94. The fraction of sp³-hybridized carbons (Fsp3) is 0.789. The number of amides is 2. The first kappa shape index (κ1) is 21.5. The van der Waals surface area contributed by atoms with Gasteiger partial charge in [0.15, 0.2) is 0 Å². The third-order valence-corrected chi connectivity index (χ3v) is 4.49. The fourth-order valence-corrected chi connectivity index (χ4v) is 2.95. The standard InChI is InChI=1S/C19H32N4O4/c1-14(2)13-27-9-8-26-7-5-6-22-11-16(20-21-22)12-23-18(24)10-17(15(3)4)19(23)25/h11,14-15,17H,5-10,12-13H2,1-4H3. The quantitative estimate of drug-likeness (QED) is 0.407. The van der Waals surface area contributed by atoms with Crippen LogP contribution in [0, 0.1) is 17.8 Å². The van der Waals surface area contributed by atoms with E-state index < -0.39 is 0 Å². The molecule has 1 aliphatic rings. The van der Waals surface area contributed by atoms with Gasteiger partial charge in [0.25, 0.3) is 0 Å². The lowest BCUT2D eigenvalue weighted by Gasteiger charge is -2.14. The molecule has 8 heteroatoms. The molecule has 0 spiro atoms. The fourth-order valence-electron chi connectivity index (χ4n) is 2.95. The van der Waals surface area contributed by atoms with Crippen molar-refractivity contribution in [1.82, 2.24) is 19.9 Å². The van der Waals surface area contributed by atoms with Gasteiger partial charge in [0.1, 0.15) is 5.69 Å². The number of aryl methyl sites for hydroxylation is 1. The molecule has 2 amide bonds. The molecule has 1 atom stereocenters. The first-order chi connectivity index (χ1) is 12.9. The van der Waals surface area contributed by atoms with Crippen molar-refractivity contribution in [3.05, 3.63) is 11.9 Å². The number of hydrogen-bond acceptors (Lipinski definition) is 6. The number of carbonyl (C=O) groups excluding carboxylic acids is 2. The van der Waals surface area contributed by atoms with E-state index in [0.717, 1.165) is 13.0 Å². The van der Waals surface area contributed by atoms with Crippen molar-refractivity contribution in [2.75, 3.05) is 26.4 Å². The highest BCUT2D eigenvalue weighted by Gasteiger charge is 2.40. The number of nitrogens with zero attached hydrogens (tertiary/aromatic N) is 4. The third-order valence-electron chi connectivity index (χ3n) is 4.49. The predicted molar refractivity (Wildman–Crippen MR) is 99.6 cm³/mol. The second kappa shape index (κ2) is 10.5. The number of carbonyl (C=O) groups is 2. The summed E-state index contributed by atoms with van der Waals surface area (Å²) in [7, 11) is 0. The van der Waals surface area contributed by atoms with E-state index in [9.17, 15) is 9.59 Å². The summed E-state index contributed by atoms with van der Waals surface area (Å²) in [6, 6.07) is 0. The molecule has 1 fully saturated rings. The monoisotopic (exact) mass is 380 g/mol. The number of imide groups is 1. The van der Waals surface area contributed by atoms with Crippen molar-refractivity contribution in [3.8, 4) is 0 Å². The van der Waals surface area contributed by atoms with Crippen LogP contribution in [0.5, 0.6) is 0 Å². The molecule has 0 bridgehead atoms. The first-order valence-electron chi connectivity index (χ1n) is 9.77. The van der Waals surface area contributed by atoms with Crippen molar-refractivity contribution < 1.29 is 19.1 Å². The van der Waals surface area contributed by atoms with E-state index in [0.29, 0.717) is 44.4 Å². The molecular weight excluding hydrogens is 348 g/mol. The highest BCUT2D eigenvalue weighted by atomic mass is 16.5. The average molecular weight is 380 g/mol. The highest BCUT2D eigenvalue weighted by molar-refractivity contribution is 6.03. The van der Waals surface area contributed by atoms with Gasteiger partial charge in [-0.15, -0.1) is 5.10 Å². The molecule has 0 N–H and O–H groups in total. The van der Waals surface area contributed by atoms with Crippen LogP contribution >= 0.6 is 0 Å². The Morgan fingerprint density at radius 1 is 1.15 bits per heavy atom. The highest BCUT2D eigenvalue weighted by Crippen LogP contribution is 2.27. The minimum absolute atomic E-state index is 0.0994. The van der Waals surface area contributed by atoms with Crippen LogP contribution in [-0.4, -0.2) is 58.1 Å². The van der Waals surface area contributed by atoms with Crippen molar-refractivity contribution in [2.24, 2.45) is 17.8 Å².